The van der Waals surface area contributed by atoms with E-state index in [1.54, 1.807) is 0 Å². The van der Waals surface area contributed by atoms with Crippen molar-refractivity contribution in [2.24, 2.45) is 0 Å². The van der Waals surface area contributed by atoms with E-state index >= 15 is 0 Å². The molecule has 36 valence electrons. The van der Waals surface area contributed by atoms with Gasteiger partial charge in [-0.3, -0.25) is 0 Å². The predicted molar refractivity (Wildman–Crippen MR) is 14.4 cm³/mol. The molecule has 0 aliphatic carbocycles. The Balaban J connectivity index is 0. The Labute approximate surface area is 77.0 Å². The van der Waals surface area contributed by atoms with Gasteiger partial charge in [0.05, 0.1) is 0 Å². The average Bonchev–Trinajstić information content (AvgIpc) is 0.722. The van der Waals surface area contributed by atoms with Gasteiger partial charge >= 0.3 is 78.4 Å². The van der Waals surface area contributed by atoms with Gasteiger partial charge in [-0.15, -0.1) is 0 Å². The van der Waals surface area contributed by atoms with Gasteiger partial charge in [0.1, 0.15) is 0 Å². The molecule has 4 nitrogen and oxygen atoms in total. The van der Waals surface area contributed by atoms with E-state index < -0.39 is 13.6 Å². The van der Waals surface area contributed by atoms with Crippen molar-refractivity contribution in [1.29, 1.82) is 0 Å². The van der Waals surface area contributed by atoms with Gasteiger partial charge in [-0.05, 0) is 0 Å². The summed E-state index contributed by atoms with van der Waals surface area (Å²) in [5, 5.41) is 0. The zero-order chi connectivity index (χ0) is 4.50. The van der Waals surface area contributed by atoms with Gasteiger partial charge in [0, 0.05) is 0 Å². The van der Waals surface area contributed by atoms with Crippen LogP contribution in [0.4, 0.5) is 0 Å². The van der Waals surface area contributed by atoms with Crippen molar-refractivity contribution in [3.05, 3.63) is 0 Å². The summed E-state index contributed by atoms with van der Waals surface area (Å²) < 4.78 is 31.9. The van der Waals surface area contributed by atoms with E-state index in [-0.39, 0.29) is 48.9 Å². The van der Waals surface area contributed by atoms with Crippen LogP contribution in [0.3, 0.4) is 0 Å². The van der Waals surface area contributed by atoms with Crippen LogP contribution in [0.1, 0.15) is 0 Å². The molecule has 0 atom stereocenters. The maximum absolute atomic E-state index is 8.82. The molecule has 0 rings (SSSR count). The molecule has 0 amide bonds. The molecule has 0 aliphatic heterocycles. The first kappa shape index (κ1) is 10.6. The average molecular weight is 257 g/mol. The van der Waals surface area contributed by atoms with Crippen molar-refractivity contribution in [1.82, 2.24) is 0 Å². The third-order valence-electron chi connectivity index (χ3n) is 0. The third-order valence-corrected chi connectivity index (χ3v) is 0. The first-order valence-corrected chi connectivity index (χ1v) is 2.88. The topological polar surface area (TPSA) is 74.6 Å². The van der Waals surface area contributed by atoms with E-state index in [4.69, 9.17) is 15.9 Å². The summed E-state index contributed by atoms with van der Waals surface area (Å²) in [5.41, 5.74) is 0. The maximum atomic E-state index is 8.82. The van der Waals surface area contributed by atoms with Crippen molar-refractivity contribution in [2.45, 2.75) is 0 Å². The second kappa shape index (κ2) is 3.60. The molecule has 0 spiro atoms. The van der Waals surface area contributed by atoms with Crippen LogP contribution in [-0.4, -0.2) is 57.2 Å². The summed E-state index contributed by atoms with van der Waals surface area (Å²) in [6.45, 7) is 0. The summed E-state index contributed by atoms with van der Waals surface area (Å²) in [6, 6.07) is 0. The van der Waals surface area contributed by atoms with Crippen LogP contribution in [-0.2, 0) is 21.2 Å². The van der Waals surface area contributed by atoms with Crippen LogP contribution >= 0.6 is 0 Å². The normalized spacial score (nSPS) is 9.67. The molecule has 0 aromatic rings. The van der Waals surface area contributed by atoms with Crippen LogP contribution < -0.4 is 0 Å². The fourth-order valence-electron chi connectivity index (χ4n) is 0. The van der Waals surface area contributed by atoms with E-state index in [1.165, 1.54) is 0 Å². The second-order valence-electron chi connectivity index (χ2n) is 0.448. The third kappa shape index (κ3) is 45.6. The Hall–Kier alpha value is 1.62. The fourth-order valence-corrected chi connectivity index (χ4v) is 0. The molecule has 6 heavy (non-hydrogen) atoms. The van der Waals surface area contributed by atoms with Crippen molar-refractivity contribution in [3.63, 3.8) is 0 Å². The van der Waals surface area contributed by atoms with E-state index in [0.717, 1.165) is 0 Å². The molecular formula is H4BaCrO4. The van der Waals surface area contributed by atoms with Crippen LogP contribution in [0.2, 0.25) is 0 Å². The van der Waals surface area contributed by atoms with Gasteiger partial charge < -0.3 is 0 Å². The zero-order valence-corrected chi connectivity index (χ0v) is 3.39. The van der Waals surface area contributed by atoms with Crippen LogP contribution in [0.25, 0.3) is 0 Å². The molecular weight excluding hydrogens is 253 g/mol. The molecule has 0 unspecified atom stereocenters. The van der Waals surface area contributed by atoms with Crippen molar-refractivity contribution >= 4 is 48.9 Å². The van der Waals surface area contributed by atoms with Gasteiger partial charge in [-0.25, -0.2) is 0 Å². The SMILES string of the molecule is [BaH2].[O]=[Cr](=[O])([OH])[OH]. The molecule has 0 aliphatic rings. The van der Waals surface area contributed by atoms with Crippen LogP contribution in [0.5, 0.6) is 0 Å². The van der Waals surface area contributed by atoms with Gasteiger partial charge in [0.2, 0.25) is 0 Å². The van der Waals surface area contributed by atoms with Gasteiger partial charge in [0.15, 0.2) is 0 Å². The Morgan fingerprint density at radius 3 is 1.17 bits per heavy atom. The molecule has 0 radical (unpaired) electrons. The van der Waals surface area contributed by atoms with Crippen molar-refractivity contribution < 1.29 is 29.5 Å². The minimum atomic E-state index is -5.25. The van der Waals surface area contributed by atoms with Gasteiger partial charge in [0.25, 0.3) is 0 Å². The molecule has 0 bridgehead atoms. The summed E-state index contributed by atoms with van der Waals surface area (Å²) in [7, 11) is 0. The van der Waals surface area contributed by atoms with Crippen molar-refractivity contribution in [2.75, 3.05) is 0 Å². The Kier molecular flexibility index (Phi) is 6.35. The molecule has 0 heterocycles. The molecule has 0 saturated heterocycles. The van der Waals surface area contributed by atoms with Crippen LogP contribution in [0, 0.1) is 0 Å². The second-order valence-corrected chi connectivity index (χ2v) is 1.85. The molecule has 6 heteroatoms. The predicted octanol–water partition coefficient (Wildman–Crippen LogP) is -2.27. The minimum absolute atomic E-state index is 0. The van der Waals surface area contributed by atoms with E-state index in [0.29, 0.717) is 0 Å². The zero-order valence-electron chi connectivity index (χ0n) is 2.12. The molecule has 0 aromatic heterocycles. The summed E-state index contributed by atoms with van der Waals surface area (Å²) in [5.74, 6) is 0. The van der Waals surface area contributed by atoms with Gasteiger partial charge in [-0.1, -0.05) is 0 Å². The summed E-state index contributed by atoms with van der Waals surface area (Å²) >= 11 is -5.25. The van der Waals surface area contributed by atoms with E-state index in [9.17, 15) is 0 Å². The Morgan fingerprint density at radius 1 is 1.17 bits per heavy atom. The van der Waals surface area contributed by atoms with E-state index in [1.807, 2.05) is 0 Å². The number of hydrogen-bond donors (Lipinski definition) is 2. The molecule has 0 aromatic carbocycles. The Morgan fingerprint density at radius 2 is 1.17 bits per heavy atom. The summed E-state index contributed by atoms with van der Waals surface area (Å²) in [6.07, 6.45) is 0. The Bertz CT molecular complexity index is 90.7. The van der Waals surface area contributed by atoms with Crippen molar-refractivity contribution in [3.8, 4) is 0 Å². The van der Waals surface area contributed by atoms with Gasteiger partial charge in [-0.2, -0.15) is 0 Å². The quantitative estimate of drug-likeness (QED) is 0.480. The number of rotatable bonds is 0. The standard InChI is InChI=1S/Ba.Cr.2H2O.2O.2H/h;;2*1H2;;;;/q;+2;;;;;;/p-2. The fraction of sp³-hybridized carbons (Fsp3) is 0. The monoisotopic (exact) mass is 258 g/mol. The molecule has 2 N–H and O–H groups in total. The summed E-state index contributed by atoms with van der Waals surface area (Å²) in [4.78, 5) is 0. The molecule has 0 saturated carbocycles. The first-order chi connectivity index (χ1) is 2.00. The molecule has 0 fully saturated rings. The van der Waals surface area contributed by atoms with Crippen LogP contribution in [0.15, 0.2) is 0 Å². The van der Waals surface area contributed by atoms with E-state index in [2.05, 4.69) is 0 Å². The first-order valence-electron chi connectivity index (χ1n) is 0.698. The number of hydrogen-bond acceptors (Lipinski definition) is 2.